The SMILES string of the molecule is Nc1cncc(Nc2cccc(F)c2F)n1. The highest BCUT2D eigenvalue weighted by atomic mass is 19.2. The first-order chi connectivity index (χ1) is 7.66. The van der Waals surface area contributed by atoms with Gasteiger partial charge >= 0.3 is 0 Å². The molecule has 1 aromatic heterocycles. The number of anilines is 3. The van der Waals surface area contributed by atoms with Crippen LogP contribution in [-0.4, -0.2) is 9.97 Å². The van der Waals surface area contributed by atoms with E-state index in [1.54, 1.807) is 0 Å². The van der Waals surface area contributed by atoms with Crippen molar-refractivity contribution in [3.63, 3.8) is 0 Å². The van der Waals surface area contributed by atoms with E-state index in [-0.39, 0.29) is 17.3 Å². The average molecular weight is 222 g/mol. The molecule has 0 aliphatic rings. The lowest BCUT2D eigenvalue weighted by atomic mass is 10.3. The Bertz CT molecular complexity index is 516. The number of nitrogen functional groups attached to an aromatic ring is 1. The number of nitrogens with two attached hydrogens (primary N) is 1. The molecule has 16 heavy (non-hydrogen) atoms. The fourth-order valence-corrected chi connectivity index (χ4v) is 1.18. The van der Waals surface area contributed by atoms with Gasteiger partial charge in [0.15, 0.2) is 17.5 Å². The van der Waals surface area contributed by atoms with E-state index in [9.17, 15) is 8.78 Å². The molecule has 4 nitrogen and oxygen atoms in total. The molecule has 1 aromatic carbocycles. The third kappa shape index (κ3) is 2.05. The van der Waals surface area contributed by atoms with Crippen LogP contribution in [0.1, 0.15) is 0 Å². The van der Waals surface area contributed by atoms with Crippen LogP contribution in [0.25, 0.3) is 0 Å². The third-order valence-electron chi connectivity index (χ3n) is 1.87. The number of benzene rings is 1. The highest BCUT2D eigenvalue weighted by Crippen LogP contribution is 2.20. The Morgan fingerprint density at radius 1 is 1.19 bits per heavy atom. The van der Waals surface area contributed by atoms with Crippen molar-refractivity contribution in [2.75, 3.05) is 11.1 Å². The van der Waals surface area contributed by atoms with Gasteiger partial charge in [-0.2, -0.15) is 0 Å². The van der Waals surface area contributed by atoms with Crippen LogP contribution in [0, 0.1) is 11.6 Å². The van der Waals surface area contributed by atoms with Gasteiger partial charge in [0.1, 0.15) is 5.82 Å². The van der Waals surface area contributed by atoms with Crippen LogP contribution >= 0.6 is 0 Å². The fourth-order valence-electron chi connectivity index (χ4n) is 1.18. The normalized spacial score (nSPS) is 10.1. The molecule has 0 fully saturated rings. The maximum Gasteiger partial charge on any atom is 0.182 e. The molecular weight excluding hydrogens is 214 g/mol. The number of nitrogens with one attached hydrogen (secondary N) is 1. The zero-order valence-corrected chi connectivity index (χ0v) is 8.11. The summed E-state index contributed by atoms with van der Waals surface area (Å²) in [4.78, 5) is 7.62. The van der Waals surface area contributed by atoms with Crippen molar-refractivity contribution in [2.45, 2.75) is 0 Å². The van der Waals surface area contributed by atoms with Gasteiger partial charge in [-0.3, -0.25) is 4.98 Å². The molecule has 0 unspecified atom stereocenters. The maximum atomic E-state index is 13.3. The Morgan fingerprint density at radius 3 is 2.75 bits per heavy atom. The molecule has 0 saturated heterocycles. The summed E-state index contributed by atoms with van der Waals surface area (Å²) in [7, 11) is 0. The molecule has 0 amide bonds. The van der Waals surface area contributed by atoms with Crippen molar-refractivity contribution in [2.24, 2.45) is 0 Å². The highest BCUT2D eigenvalue weighted by molar-refractivity contribution is 5.57. The molecule has 0 bridgehead atoms. The Morgan fingerprint density at radius 2 is 2.00 bits per heavy atom. The van der Waals surface area contributed by atoms with Gasteiger partial charge in [0, 0.05) is 0 Å². The second-order valence-corrected chi connectivity index (χ2v) is 3.06. The summed E-state index contributed by atoms with van der Waals surface area (Å²) in [6.45, 7) is 0. The minimum atomic E-state index is -0.966. The van der Waals surface area contributed by atoms with Crippen molar-refractivity contribution in [3.8, 4) is 0 Å². The van der Waals surface area contributed by atoms with Crippen molar-refractivity contribution in [1.82, 2.24) is 9.97 Å². The van der Waals surface area contributed by atoms with Gasteiger partial charge in [0.2, 0.25) is 0 Å². The number of nitrogens with zero attached hydrogens (tertiary/aromatic N) is 2. The molecule has 82 valence electrons. The summed E-state index contributed by atoms with van der Waals surface area (Å²) in [5.74, 6) is -1.44. The molecule has 3 N–H and O–H groups in total. The van der Waals surface area contributed by atoms with Crippen LogP contribution in [0.5, 0.6) is 0 Å². The molecule has 0 atom stereocenters. The molecule has 2 aromatic rings. The minimum absolute atomic E-state index is 0.0140. The summed E-state index contributed by atoms with van der Waals surface area (Å²) < 4.78 is 26.2. The first-order valence-corrected chi connectivity index (χ1v) is 4.45. The number of hydrogen-bond donors (Lipinski definition) is 2. The van der Waals surface area contributed by atoms with Gasteiger partial charge in [0.25, 0.3) is 0 Å². The van der Waals surface area contributed by atoms with Crippen LogP contribution < -0.4 is 11.1 Å². The lowest BCUT2D eigenvalue weighted by Crippen LogP contribution is -2.00. The summed E-state index contributed by atoms with van der Waals surface area (Å²) in [6, 6.07) is 3.81. The summed E-state index contributed by atoms with van der Waals surface area (Å²) in [5.41, 5.74) is 5.38. The Labute approximate surface area is 90.1 Å². The Hall–Kier alpha value is -2.24. The van der Waals surface area contributed by atoms with E-state index < -0.39 is 11.6 Å². The molecule has 0 radical (unpaired) electrons. The van der Waals surface area contributed by atoms with Gasteiger partial charge < -0.3 is 11.1 Å². The summed E-state index contributed by atoms with van der Waals surface area (Å²) >= 11 is 0. The second-order valence-electron chi connectivity index (χ2n) is 3.06. The van der Waals surface area contributed by atoms with Gasteiger partial charge in [-0.15, -0.1) is 0 Å². The predicted octanol–water partition coefficient (Wildman–Crippen LogP) is 2.08. The number of rotatable bonds is 2. The van der Waals surface area contributed by atoms with Crippen LogP contribution in [-0.2, 0) is 0 Å². The van der Waals surface area contributed by atoms with Crippen molar-refractivity contribution >= 4 is 17.3 Å². The van der Waals surface area contributed by atoms with Crippen LogP contribution in [0.15, 0.2) is 30.6 Å². The van der Waals surface area contributed by atoms with E-state index in [2.05, 4.69) is 15.3 Å². The third-order valence-corrected chi connectivity index (χ3v) is 1.87. The molecular formula is C10H8F2N4. The first-order valence-electron chi connectivity index (χ1n) is 4.45. The highest BCUT2D eigenvalue weighted by Gasteiger charge is 2.08. The lowest BCUT2D eigenvalue weighted by molar-refractivity contribution is 0.511. The van der Waals surface area contributed by atoms with Gasteiger partial charge in [0.05, 0.1) is 18.1 Å². The zero-order valence-electron chi connectivity index (χ0n) is 8.11. The number of halogens is 2. The van der Waals surface area contributed by atoms with Crippen molar-refractivity contribution in [3.05, 3.63) is 42.2 Å². The molecule has 0 aliphatic heterocycles. The molecule has 0 spiro atoms. The molecule has 6 heteroatoms. The van der Waals surface area contributed by atoms with Crippen molar-refractivity contribution < 1.29 is 8.78 Å². The second kappa shape index (κ2) is 4.09. The molecule has 0 aliphatic carbocycles. The Kier molecular flexibility index (Phi) is 2.63. The molecule has 2 rings (SSSR count). The lowest BCUT2D eigenvalue weighted by Gasteiger charge is -2.06. The Balaban J connectivity index is 2.31. The largest absolute Gasteiger partial charge is 0.382 e. The quantitative estimate of drug-likeness (QED) is 0.816. The topological polar surface area (TPSA) is 63.8 Å². The minimum Gasteiger partial charge on any atom is -0.382 e. The fraction of sp³-hybridized carbons (Fsp3) is 0. The zero-order chi connectivity index (χ0) is 11.5. The van der Waals surface area contributed by atoms with E-state index in [0.717, 1.165) is 6.07 Å². The summed E-state index contributed by atoms with van der Waals surface area (Å²) in [6.07, 6.45) is 2.72. The van der Waals surface area contributed by atoms with Crippen molar-refractivity contribution in [1.29, 1.82) is 0 Å². The van der Waals surface area contributed by atoms with Gasteiger partial charge in [-0.05, 0) is 12.1 Å². The van der Waals surface area contributed by atoms with E-state index in [1.807, 2.05) is 0 Å². The first kappa shape index (κ1) is 10.3. The van der Waals surface area contributed by atoms with E-state index >= 15 is 0 Å². The monoisotopic (exact) mass is 222 g/mol. The maximum absolute atomic E-state index is 13.3. The summed E-state index contributed by atoms with van der Waals surface area (Å²) in [5, 5.41) is 2.59. The molecule has 0 saturated carbocycles. The van der Waals surface area contributed by atoms with E-state index in [1.165, 1.54) is 24.5 Å². The number of aromatic nitrogens is 2. The van der Waals surface area contributed by atoms with Gasteiger partial charge in [-0.25, -0.2) is 13.8 Å². The van der Waals surface area contributed by atoms with E-state index in [0.29, 0.717) is 0 Å². The standard InChI is InChI=1S/C10H8F2N4/c11-6-2-1-3-7(10(6)12)15-9-5-14-4-8(13)16-9/h1-5H,(H3,13,15,16). The van der Waals surface area contributed by atoms with Gasteiger partial charge in [-0.1, -0.05) is 6.07 Å². The van der Waals surface area contributed by atoms with Crippen LogP contribution in [0.3, 0.4) is 0 Å². The smallest absolute Gasteiger partial charge is 0.182 e. The van der Waals surface area contributed by atoms with Crippen LogP contribution in [0.4, 0.5) is 26.1 Å². The number of hydrogen-bond acceptors (Lipinski definition) is 4. The predicted molar refractivity (Wildman–Crippen MR) is 56.1 cm³/mol. The van der Waals surface area contributed by atoms with Crippen LogP contribution in [0.2, 0.25) is 0 Å². The van der Waals surface area contributed by atoms with E-state index in [4.69, 9.17) is 5.73 Å². The molecule has 1 heterocycles. The average Bonchev–Trinajstić information content (AvgIpc) is 2.25.